The van der Waals surface area contributed by atoms with E-state index in [-0.39, 0.29) is 6.10 Å². The first-order chi connectivity index (χ1) is 8.79. The van der Waals surface area contributed by atoms with Gasteiger partial charge in [0, 0.05) is 23.4 Å². The fourth-order valence-corrected chi connectivity index (χ4v) is 1.92. The molecule has 0 saturated heterocycles. The van der Waals surface area contributed by atoms with Crippen molar-refractivity contribution in [2.75, 3.05) is 6.54 Å². The first-order valence-corrected chi connectivity index (χ1v) is 6.55. The molecule has 0 aliphatic heterocycles. The second-order valence-electron chi connectivity index (χ2n) is 3.94. The van der Waals surface area contributed by atoms with Gasteiger partial charge in [-0.1, -0.05) is 28.1 Å². The zero-order valence-electron chi connectivity index (χ0n) is 9.92. The molecule has 1 aromatic heterocycles. The standard InChI is InChI=1S/C14H15BrN2O/c15-13-3-1-11(2-4-13)10-18-14(9-16)12-5-7-17-8-6-12/h1-8,14H,9-10,16H2. The van der Waals surface area contributed by atoms with E-state index in [0.717, 1.165) is 15.6 Å². The first kappa shape index (κ1) is 13.2. The Kier molecular flexibility index (Phi) is 4.87. The molecule has 0 amide bonds. The lowest BCUT2D eigenvalue weighted by Gasteiger charge is -2.16. The van der Waals surface area contributed by atoms with Crippen molar-refractivity contribution in [2.24, 2.45) is 5.73 Å². The molecule has 0 spiro atoms. The van der Waals surface area contributed by atoms with Crippen LogP contribution in [0.15, 0.2) is 53.3 Å². The van der Waals surface area contributed by atoms with E-state index in [4.69, 9.17) is 10.5 Å². The second-order valence-corrected chi connectivity index (χ2v) is 4.86. The van der Waals surface area contributed by atoms with Crippen molar-refractivity contribution in [3.8, 4) is 0 Å². The van der Waals surface area contributed by atoms with Crippen molar-refractivity contribution in [1.29, 1.82) is 0 Å². The maximum absolute atomic E-state index is 5.84. The van der Waals surface area contributed by atoms with Crippen LogP contribution in [-0.4, -0.2) is 11.5 Å². The molecule has 18 heavy (non-hydrogen) atoms. The van der Waals surface area contributed by atoms with E-state index in [0.29, 0.717) is 13.2 Å². The van der Waals surface area contributed by atoms with Gasteiger partial charge in [-0.05, 0) is 35.4 Å². The summed E-state index contributed by atoms with van der Waals surface area (Å²) in [6.07, 6.45) is 3.42. The van der Waals surface area contributed by atoms with Gasteiger partial charge < -0.3 is 10.5 Å². The minimum absolute atomic E-state index is 0.0864. The zero-order chi connectivity index (χ0) is 12.8. The van der Waals surface area contributed by atoms with E-state index in [2.05, 4.69) is 20.9 Å². The van der Waals surface area contributed by atoms with Crippen LogP contribution in [0, 0.1) is 0 Å². The highest BCUT2D eigenvalue weighted by atomic mass is 79.9. The van der Waals surface area contributed by atoms with Gasteiger partial charge in [-0.3, -0.25) is 4.98 Å². The third-order valence-electron chi connectivity index (χ3n) is 2.66. The highest BCUT2D eigenvalue weighted by molar-refractivity contribution is 9.10. The van der Waals surface area contributed by atoms with Gasteiger partial charge in [-0.15, -0.1) is 0 Å². The Labute approximate surface area is 115 Å². The largest absolute Gasteiger partial charge is 0.368 e. The Morgan fingerprint density at radius 2 is 1.78 bits per heavy atom. The highest BCUT2D eigenvalue weighted by Crippen LogP contribution is 2.18. The molecule has 1 aromatic carbocycles. The second kappa shape index (κ2) is 6.64. The van der Waals surface area contributed by atoms with Crippen molar-refractivity contribution in [1.82, 2.24) is 4.98 Å². The van der Waals surface area contributed by atoms with Gasteiger partial charge in [0.15, 0.2) is 0 Å². The summed E-state index contributed by atoms with van der Waals surface area (Å²) in [4.78, 5) is 3.99. The summed E-state index contributed by atoms with van der Waals surface area (Å²) >= 11 is 3.41. The minimum Gasteiger partial charge on any atom is -0.368 e. The van der Waals surface area contributed by atoms with Crippen LogP contribution in [0.1, 0.15) is 17.2 Å². The predicted molar refractivity (Wildman–Crippen MR) is 75.0 cm³/mol. The summed E-state index contributed by atoms with van der Waals surface area (Å²) in [5, 5.41) is 0. The zero-order valence-corrected chi connectivity index (χ0v) is 11.5. The van der Waals surface area contributed by atoms with Crippen molar-refractivity contribution >= 4 is 15.9 Å². The van der Waals surface area contributed by atoms with Gasteiger partial charge in [0.2, 0.25) is 0 Å². The molecule has 0 aliphatic rings. The van der Waals surface area contributed by atoms with Crippen LogP contribution in [0.3, 0.4) is 0 Å². The number of ether oxygens (including phenoxy) is 1. The Balaban J connectivity index is 1.97. The number of hydrogen-bond acceptors (Lipinski definition) is 3. The summed E-state index contributed by atoms with van der Waals surface area (Å²) in [6, 6.07) is 11.9. The summed E-state index contributed by atoms with van der Waals surface area (Å²) < 4.78 is 6.90. The van der Waals surface area contributed by atoms with Gasteiger partial charge in [0.05, 0.1) is 12.7 Å². The molecule has 3 nitrogen and oxygen atoms in total. The molecule has 1 heterocycles. The quantitative estimate of drug-likeness (QED) is 0.923. The fraction of sp³-hybridized carbons (Fsp3) is 0.214. The third kappa shape index (κ3) is 3.63. The van der Waals surface area contributed by atoms with Gasteiger partial charge >= 0.3 is 0 Å². The average Bonchev–Trinajstić information content (AvgIpc) is 2.43. The van der Waals surface area contributed by atoms with E-state index in [1.807, 2.05) is 36.4 Å². The van der Waals surface area contributed by atoms with Crippen molar-refractivity contribution in [2.45, 2.75) is 12.7 Å². The number of benzene rings is 1. The highest BCUT2D eigenvalue weighted by Gasteiger charge is 2.09. The summed E-state index contributed by atoms with van der Waals surface area (Å²) in [7, 11) is 0. The fourth-order valence-electron chi connectivity index (χ4n) is 1.66. The Morgan fingerprint density at radius 3 is 2.39 bits per heavy atom. The van der Waals surface area contributed by atoms with Crippen LogP contribution < -0.4 is 5.73 Å². The van der Waals surface area contributed by atoms with E-state index in [1.165, 1.54) is 0 Å². The molecule has 0 fully saturated rings. The van der Waals surface area contributed by atoms with E-state index >= 15 is 0 Å². The molecule has 2 rings (SSSR count). The van der Waals surface area contributed by atoms with Crippen molar-refractivity contribution < 1.29 is 4.74 Å². The molecule has 1 unspecified atom stereocenters. The van der Waals surface area contributed by atoms with Crippen molar-refractivity contribution in [3.63, 3.8) is 0 Å². The van der Waals surface area contributed by atoms with Gasteiger partial charge in [0.1, 0.15) is 0 Å². The molecule has 0 bridgehead atoms. The maximum atomic E-state index is 5.84. The van der Waals surface area contributed by atoms with Gasteiger partial charge in [0.25, 0.3) is 0 Å². The predicted octanol–water partition coefficient (Wildman–Crippen LogP) is 3.06. The molecule has 4 heteroatoms. The number of hydrogen-bond donors (Lipinski definition) is 1. The van der Waals surface area contributed by atoms with E-state index < -0.39 is 0 Å². The number of nitrogens with two attached hydrogens (primary N) is 1. The number of aromatic nitrogens is 1. The molecule has 0 saturated carbocycles. The molecule has 1 atom stereocenters. The monoisotopic (exact) mass is 306 g/mol. The number of nitrogens with zero attached hydrogens (tertiary/aromatic N) is 1. The molecule has 0 aliphatic carbocycles. The molecule has 94 valence electrons. The van der Waals surface area contributed by atoms with Crippen LogP contribution in [-0.2, 0) is 11.3 Å². The first-order valence-electron chi connectivity index (χ1n) is 5.75. The molecule has 2 aromatic rings. The molecular formula is C14H15BrN2O. The number of rotatable bonds is 5. The van der Waals surface area contributed by atoms with Crippen LogP contribution >= 0.6 is 15.9 Å². The van der Waals surface area contributed by atoms with Crippen LogP contribution in [0.5, 0.6) is 0 Å². The lowest BCUT2D eigenvalue weighted by Crippen LogP contribution is -2.15. The van der Waals surface area contributed by atoms with E-state index in [9.17, 15) is 0 Å². The van der Waals surface area contributed by atoms with Gasteiger partial charge in [-0.25, -0.2) is 0 Å². The average molecular weight is 307 g/mol. The summed E-state index contributed by atoms with van der Waals surface area (Å²) in [6.45, 7) is 1.01. The Morgan fingerprint density at radius 1 is 1.11 bits per heavy atom. The van der Waals surface area contributed by atoms with Gasteiger partial charge in [-0.2, -0.15) is 0 Å². The summed E-state index contributed by atoms with van der Waals surface area (Å²) in [5.41, 5.74) is 7.93. The normalized spacial score (nSPS) is 12.3. The topological polar surface area (TPSA) is 48.1 Å². The molecular weight excluding hydrogens is 292 g/mol. The lowest BCUT2D eigenvalue weighted by molar-refractivity contribution is 0.0456. The number of halogens is 1. The third-order valence-corrected chi connectivity index (χ3v) is 3.19. The molecule has 0 radical (unpaired) electrons. The maximum Gasteiger partial charge on any atom is 0.0952 e. The SMILES string of the molecule is NCC(OCc1ccc(Br)cc1)c1ccncc1. The van der Waals surface area contributed by atoms with Crippen molar-refractivity contribution in [3.05, 3.63) is 64.4 Å². The number of pyridine rings is 1. The van der Waals surface area contributed by atoms with Crippen LogP contribution in [0.4, 0.5) is 0 Å². The summed E-state index contributed by atoms with van der Waals surface area (Å²) in [5.74, 6) is 0. The minimum atomic E-state index is -0.0864. The Hall–Kier alpha value is -1.23. The lowest BCUT2D eigenvalue weighted by atomic mass is 10.1. The Bertz CT molecular complexity index is 473. The molecule has 2 N–H and O–H groups in total. The smallest absolute Gasteiger partial charge is 0.0952 e. The van der Waals surface area contributed by atoms with Crippen LogP contribution in [0.25, 0.3) is 0 Å². The van der Waals surface area contributed by atoms with Crippen LogP contribution in [0.2, 0.25) is 0 Å². The van der Waals surface area contributed by atoms with E-state index in [1.54, 1.807) is 12.4 Å².